The van der Waals surface area contributed by atoms with Crippen molar-refractivity contribution in [3.05, 3.63) is 89.1 Å². The zero-order valence-electron chi connectivity index (χ0n) is 20.4. The number of nitrogens with zero attached hydrogens (tertiary/aromatic N) is 6. The lowest BCUT2D eigenvalue weighted by molar-refractivity contribution is -0.119. The summed E-state index contributed by atoms with van der Waals surface area (Å²) >= 11 is 0. The number of morpholine rings is 1. The third-order valence-corrected chi connectivity index (χ3v) is 6.46. The molecule has 38 heavy (non-hydrogen) atoms. The lowest BCUT2D eigenvalue weighted by Crippen LogP contribution is -2.37. The van der Waals surface area contributed by atoms with Gasteiger partial charge in [0.1, 0.15) is 17.6 Å². The standard InChI is InChI=1S/C28H23N7O3/c29-17-20-10-11-22(26(30-20)35-12-14-37-15-13-35)27-33-34-28(38-27)32-25-23(36)16-19-8-4-5-9-21(19)24(31-25)18-6-2-1-3-7-18/h1-11,25H,12-16H2,(H,32,34). The van der Waals surface area contributed by atoms with Crippen LogP contribution in [-0.4, -0.2) is 59.1 Å². The van der Waals surface area contributed by atoms with E-state index in [0.29, 0.717) is 43.4 Å². The predicted molar refractivity (Wildman–Crippen MR) is 140 cm³/mol. The normalized spacial score (nSPS) is 17.2. The third kappa shape index (κ3) is 4.63. The first-order valence-corrected chi connectivity index (χ1v) is 12.3. The number of ether oxygens (including phenoxy) is 1. The fraction of sp³-hybridized carbons (Fsp3) is 0.214. The molecule has 0 bridgehead atoms. The van der Waals surface area contributed by atoms with Crippen LogP contribution in [0.1, 0.15) is 22.4 Å². The molecule has 6 rings (SSSR count). The minimum atomic E-state index is -0.913. The maximum Gasteiger partial charge on any atom is 0.317 e. The fourth-order valence-corrected chi connectivity index (χ4v) is 4.60. The molecule has 2 aromatic carbocycles. The highest BCUT2D eigenvalue weighted by molar-refractivity contribution is 6.16. The molecule has 1 atom stereocenters. The summed E-state index contributed by atoms with van der Waals surface area (Å²) in [7, 11) is 0. The molecule has 1 unspecified atom stereocenters. The number of Topliss-reactive ketones (excluding diaryl/α,β-unsaturated/α-hetero) is 1. The molecule has 0 amide bonds. The highest BCUT2D eigenvalue weighted by Crippen LogP contribution is 2.31. The van der Waals surface area contributed by atoms with Crippen molar-refractivity contribution in [3.8, 4) is 17.5 Å². The van der Waals surface area contributed by atoms with E-state index in [1.807, 2.05) is 59.5 Å². The summed E-state index contributed by atoms with van der Waals surface area (Å²) in [6.45, 7) is 2.37. The second-order valence-electron chi connectivity index (χ2n) is 8.88. The minimum Gasteiger partial charge on any atom is -0.403 e. The Morgan fingerprint density at radius 1 is 0.947 bits per heavy atom. The molecule has 4 aromatic rings. The molecule has 1 fully saturated rings. The van der Waals surface area contributed by atoms with Gasteiger partial charge in [-0.1, -0.05) is 59.7 Å². The Labute approximate surface area is 218 Å². The SMILES string of the molecule is N#Cc1ccc(-c2nnc(NC3N=C(c4ccccc4)c4ccccc4CC3=O)o2)c(N2CCOCC2)n1. The number of nitriles is 1. The number of rotatable bonds is 5. The van der Waals surface area contributed by atoms with E-state index in [4.69, 9.17) is 14.1 Å². The molecule has 0 aliphatic carbocycles. The van der Waals surface area contributed by atoms with Crippen LogP contribution in [0.5, 0.6) is 0 Å². The molecular weight excluding hydrogens is 482 g/mol. The van der Waals surface area contributed by atoms with Crippen molar-refractivity contribution in [2.24, 2.45) is 4.99 Å². The van der Waals surface area contributed by atoms with Crippen molar-refractivity contribution >= 4 is 23.3 Å². The Balaban J connectivity index is 1.33. The topological polar surface area (TPSA) is 130 Å². The number of benzene rings is 2. The number of hydrogen-bond acceptors (Lipinski definition) is 10. The van der Waals surface area contributed by atoms with Crippen molar-refractivity contribution < 1.29 is 13.9 Å². The van der Waals surface area contributed by atoms with Gasteiger partial charge in [0, 0.05) is 30.6 Å². The second-order valence-corrected chi connectivity index (χ2v) is 8.88. The number of ketones is 1. The van der Waals surface area contributed by atoms with Crippen LogP contribution in [0.2, 0.25) is 0 Å². The molecule has 2 aliphatic rings. The van der Waals surface area contributed by atoms with Crippen LogP contribution in [0.25, 0.3) is 11.5 Å². The van der Waals surface area contributed by atoms with E-state index >= 15 is 0 Å². The van der Waals surface area contributed by atoms with Crippen LogP contribution >= 0.6 is 0 Å². The minimum absolute atomic E-state index is 0.0674. The van der Waals surface area contributed by atoms with Gasteiger partial charge in [-0.3, -0.25) is 9.79 Å². The molecule has 0 spiro atoms. The van der Waals surface area contributed by atoms with Crippen molar-refractivity contribution in [1.82, 2.24) is 15.2 Å². The van der Waals surface area contributed by atoms with Gasteiger partial charge in [0.05, 0.1) is 24.5 Å². The molecule has 1 saturated heterocycles. The van der Waals surface area contributed by atoms with Crippen LogP contribution in [0, 0.1) is 11.3 Å². The lowest BCUT2D eigenvalue weighted by Gasteiger charge is -2.28. The quantitative estimate of drug-likeness (QED) is 0.434. The van der Waals surface area contributed by atoms with Crippen LogP contribution in [0.4, 0.5) is 11.8 Å². The number of fused-ring (bicyclic) bond motifs is 1. The van der Waals surface area contributed by atoms with Crippen LogP contribution < -0.4 is 10.2 Å². The summed E-state index contributed by atoms with van der Waals surface area (Å²) in [5.74, 6) is 0.688. The number of nitrogens with one attached hydrogen (secondary N) is 1. The van der Waals surface area contributed by atoms with Gasteiger partial charge in [0.15, 0.2) is 11.9 Å². The second kappa shape index (κ2) is 10.2. The van der Waals surface area contributed by atoms with Crippen molar-refractivity contribution in [3.63, 3.8) is 0 Å². The highest BCUT2D eigenvalue weighted by Gasteiger charge is 2.28. The van der Waals surface area contributed by atoms with Crippen LogP contribution in [-0.2, 0) is 16.0 Å². The van der Waals surface area contributed by atoms with Crippen molar-refractivity contribution in [2.45, 2.75) is 12.6 Å². The van der Waals surface area contributed by atoms with Gasteiger partial charge in [-0.25, -0.2) is 4.98 Å². The highest BCUT2D eigenvalue weighted by atomic mass is 16.5. The summed E-state index contributed by atoms with van der Waals surface area (Å²) < 4.78 is 11.4. The molecule has 10 nitrogen and oxygen atoms in total. The van der Waals surface area contributed by atoms with Gasteiger partial charge in [0.25, 0.3) is 5.89 Å². The van der Waals surface area contributed by atoms with Gasteiger partial charge in [0.2, 0.25) is 0 Å². The Morgan fingerprint density at radius 3 is 2.55 bits per heavy atom. The van der Waals surface area contributed by atoms with E-state index in [0.717, 1.165) is 22.4 Å². The Morgan fingerprint density at radius 2 is 1.74 bits per heavy atom. The third-order valence-electron chi connectivity index (χ3n) is 6.46. The molecule has 4 heterocycles. The molecular formula is C28H23N7O3. The van der Waals surface area contributed by atoms with Gasteiger partial charge in [-0.15, -0.1) is 5.10 Å². The number of anilines is 2. The zero-order valence-corrected chi connectivity index (χ0v) is 20.4. The first kappa shape index (κ1) is 23.5. The smallest absolute Gasteiger partial charge is 0.317 e. The number of aromatic nitrogens is 3. The van der Waals surface area contributed by atoms with Crippen molar-refractivity contribution in [1.29, 1.82) is 5.26 Å². The number of hydrogen-bond donors (Lipinski definition) is 1. The van der Waals surface area contributed by atoms with E-state index in [2.05, 4.69) is 26.6 Å². The van der Waals surface area contributed by atoms with E-state index in [9.17, 15) is 10.1 Å². The molecule has 2 aliphatic heterocycles. The number of aliphatic imine (C=N–C) groups is 1. The fourth-order valence-electron chi connectivity index (χ4n) is 4.60. The van der Waals surface area contributed by atoms with Crippen molar-refractivity contribution in [2.75, 3.05) is 36.5 Å². The largest absolute Gasteiger partial charge is 0.403 e. The summed E-state index contributed by atoms with van der Waals surface area (Å²) in [6.07, 6.45) is -0.696. The van der Waals surface area contributed by atoms with E-state index in [-0.39, 0.29) is 24.1 Å². The van der Waals surface area contributed by atoms with E-state index < -0.39 is 6.17 Å². The van der Waals surface area contributed by atoms with Crippen LogP contribution in [0.3, 0.4) is 0 Å². The van der Waals surface area contributed by atoms with Crippen LogP contribution in [0.15, 0.2) is 76.1 Å². The van der Waals surface area contributed by atoms with Gasteiger partial charge >= 0.3 is 6.01 Å². The summed E-state index contributed by atoms with van der Waals surface area (Å²) in [6, 6.07) is 23.1. The molecule has 10 heteroatoms. The maximum atomic E-state index is 13.2. The average Bonchev–Trinajstić information content (AvgIpc) is 3.39. The molecule has 1 N–H and O–H groups in total. The summed E-state index contributed by atoms with van der Waals surface area (Å²) in [5, 5.41) is 20.7. The maximum absolute atomic E-state index is 13.2. The number of carbonyl (C=O) groups excluding carboxylic acids is 1. The average molecular weight is 506 g/mol. The van der Waals surface area contributed by atoms with E-state index in [1.54, 1.807) is 12.1 Å². The van der Waals surface area contributed by atoms with Gasteiger partial charge < -0.3 is 19.4 Å². The number of pyridine rings is 1. The molecule has 188 valence electrons. The Bertz CT molecular complexity index is 1550. The van der Waals surface area contributed by atoms with Gasteiger partial charge in [-0.05, 0) is 17.7 Å². The molecule has 0 saturated carbocycles. The lowest BCUT2D eigenvalue weighted by atomic mass is 9.96. The summed E-state index contributed by atoms with van der Waals surface area (Å²) in [5.41, 5.74) is 4.34. The zero-order chi connectivity index (χ0) is 25.9. The monoisotopic (exact) mass is 505 g/mol. The van der Waals surface area contributed by atoms with Gasteiger partial charge in [-0.2, -0.15) is 5.26 Å². The van der Waals surface area contributed by atoms with E-state index in [1.165, 1.54) is 0 Å². The predicted octanol–water partition coefficient (Wildman–Crippen LogP) is 3.24. The number of carbonyl (C=O) groups is 1. The summed E-state index contributed by atoms with van der Waals surface area (Å²) in [4.78, 5) is 24.6. The first-order chi connectivity index (χ1) is 18.7. The molecule has 2 aromatic heterocycles. The Kier molecular flexibility index (Phi) is 6.34. The Hall–Kier alpha value is -4.88. The molecule has 0 radical (unpaired) electrons. The first-order valence-electron chi connectivity index (χ1n) is 12.3.